The zero-order chi connectivity index (χ0) is 13.5. The summed E-state index contributed by atoms with van der Waals surface area (Å²) in [5.41, 5.74) is 9.80. The maximum Gasteiger partial charge on any atom is 0.325 e. The molecule has 1 unspecified atom stereocenters. The van der Waals surface area contributed by atoms with Gasteiger partial charge in [-0.1, -0.05) is 0 Å². The average Bonchev–Trinajstić information content (AvgIpc) is 2.24. The number of hydrogen-bond donors (Lipinski definition) is 2. The number of halogens is 3. The van der Waals surface area contributed by atoms with Gasteiger partial charge in [0.25, 0.3) is 0 Å². The smallest absolute Gasteiger partial charge is 0.325 e. The van der Waals surface area contributed by atoms with E-state index in [1.165, 1.54) is 20.1 Å². The molecule has 0 rings (SSSR count). The van der Waals surface area contributed by atoms with Crippen LogP contribution in [-0.4, -0.2) is 31.0 Å². The second-order valence-electron chi connectivity index (χ2n) is 4.04. The zero-order valence-electron chi connectivity index (χ0n) is 11.3. The lowest BCUT2D eigenvalue weighted by molar-refractivity contribution is -0.146. The van der Waals surface area contributed by atoms with Crippen LogP contribution in [0.3, 0.4) is 0 Å². The highest BCUT2D eigenvalue weighted by atomic mass is 35.5. The molecule has 114 valence electrons. The summed E-state index contributed by atoms with van der Waals surface area (Å²) >= 11 is 0. The number of rotatable bonds is 6. The fourth-order valence-corrected chi connectivity index (χ4v) is 1.11. The third kappa shape index (κ3) is 10.7. The van der Waals surface area contributed by atoms with Gasteiger partial charge in [0.1, 0.15) is 5.54 Å². The predicted octanol–water partition coefficient (Wildman–Crippen LogP) is 1.73. The van der Waals surface area contributed by atoms with Gasteiger partial charge in [0, 0.05) is 6.42 Å². The Morgan fingerprint density at radius 3 is 2.42 bits per heavy atom. The van der Waals surface area contributed by atoms with Crippen LogP contribution in [0.4, 0.5) is 4.39 Å². The Morgan fingerprint density at radius 2 is 2.00 bits per heavy atom. The molecular weight excluding hydrogens is 296 g/mol. The number of amidine groups is 1. The molecule has 0 fully saturated rings. The van der Waals surface area contributed by atoms with Crippen molar-refractivity contribution >= 4 is 36.6 Å². The first-order valence-electron chi connectivity index (χ1n) is 5.28. The van der Waals surface area contributed by atoms with Crippen LogP contribution >= 0.6 is 24.8 Å². The van der Waals surface area contributed by atoms with E-state index in [2.05, 4.69) is 9.73 Å². The minimum absolute atomic E-state index is 0. The van der Waals surface area contributed by atoms with Gasteiger partial charge in [-0.25, -0.2) is 4.39 Å². The molecule has 8 heteroatoms. The summed E-state index contributed by atoms with van der Waals surface area (Å²) in [4.78, 5) is 15.0. The van der Waals surface area contributed by atoms with Crippen molar-refractivity contribution in [3.8, 4) is 0 Å². The Balaban J connectivity index is -0.00000128. The Kier molecular flexibility index (Phi) is 13.5. The van der Waals surface area contributed by atoms with Crippen LogP contribution in [-0.2, 0) is 9.53 Å². The van der Waals surface area contributed by atoms with Crippen molar-refractivity contribution in [1.29, 1.82) is 0 Å². The standard InChI is InChI=1S/C11H20FN3O2.2ClH/c1-8(13)15-7-5-9(12)4-6-11(2,14)10(16)17-3;;/h5H,4,6-7,14H2,1-3H3,(H2,13,15);2*1H/b9-5-;;. The van der Waals surface area contributed by atoms with Crippen LogP contribution in [0, 0.1) is 0 Å². The van der Waals surface area contributed by atoms with E-state index in [4.69, 9.17) is 11.5 Å². The molecule has 0 aromatic carbocycles. The average molecular weight is 318 g/mol. The third-order valence-electron chi connectivity index (χ3n) is 2.19. The highest BCUT2D eigenvalue weighted by molar-refractivity contribution is 5.85. The molecule has 0 heterocycles. The van der Waals surface area contributed by atoms with Crippen LogP contribution in [0.15, 0.2) is 16.9 Å². The number of nitrogens with two attached hydrogens (primary N) is 2. The normalized spacial score (nSPS) is 14.8. The van der Waals surface area contributed by atoms with E-state index >= 15 is 0 Å². The number of hydrogen-bond acceptors (Lipinski definition) is 4. The van der Waals surface area contributed by atoms with E-state index in [1.54, 1.807) is 6.92 Å². The van der Waals surface area contributed by atoms with Crippen LogP contribution in [0.1, 0.15) is 26.7 Å². The summed E-state index contributed by atoms with van der Waals surface area (Å²) in [7, 11) is 1.25. The van der Waals surface area contributed by atoms with Crippen LogP contribution < -0.4 is 11.5 Å². The van der Waals surface area contributed by atoms with Crippen molar-refractivity contribution in [2.75, 3.05) is 13.7 Å². The van der Waals surface area contributed by atoms with Gasteiger partial charge >= 0.3 is 5.97 Å². The molecule has 0 aliphatic rings. The molecule has 0 amide bonds. The molecule has 1 atom stereocenters. The van der Waals surface area contributed by atoms with Gasteiger partial charge in [-0.15, -0.1) is 24.8 Å². The van der Waals surface area contributed by atoms with Gasteiger partial charge in [-0.3, -0.25) is 9.79 Å². The number of carbonyl (C=O) groups excluding carboxylic acids is 1. The Hall–Kier alpha value is -0.850. The number of nitrogens with zero attached hydrogens (tertiary/aromatic N) is 1. The van der Waals surface area contributed by atoms with E-state index in [0.717, 1.165) is 0 Å². The first kappa shape index (κ1) is 23.3. The molecular formula is C11H22Cl2FN3O2. The van der Waals surface area contributed by atoms with Gasteiger partial charge in [0.2, 0.25) is 0 Å². The fraction of sp³-hybridized carbons (Fsp3) is 0.636. The predicted molar refractivity (Wildman–Crippen MR) is 79.7 cm³/mol. The second kappa shape index (κ2) is 11.0. The van der Waals surface area contributed by atoms with Crippen LogP contribution in [0.5, 0.6) is 0 Å². The summed E-state index contributed by atoms with van der Waals surface area (Å²) in [6.45, 7) is 3.32. The summed E-state index contributed by atoms with van der Waals surface area (Å²) in [6, 6.07) is 0. The van der Waals surface area contributed by atoms with E-state index in [0.29, 0.717) is 5.84 Å². The Bertz CT molecular complexity index is 330. The highest BCUT2D eigenvalue weighted by Crippen LogP contribution is 2.16. The Labute approximate surface area is 125 Å². The first-order valence-corrected chi connectivity index (χ1v) is 5.28. The van der Waals surface area contributed by atoms with E-state index < -0.39 is 11.5 Å². The number of ether oxygens (including phenoxy) is 1. The van der Waals surface area contributed by atoms with Crippen molar-refractivity contribution in [3.63, 3.8) is 0 Å². The maximum atomic E-state index is 13.3. The number of methoxy groups -OCH3 is 1. The van der Waals surface area contributed by atoms with Gasteiger partial charge < -0.3 is 16.2 Å². The van der Waals surface area contributed by atoms with Gasteiger partial charge in [0.15, 0.2) is 0 Å². The zero-order valence-corrected chi connectivity index (χ0v) is 12.9. The molecule has 0 aliphatic carbocycles. The van der Waals surface area contributed by atoms with Crippen molar-refractivity contribution in [2.45, 2.75) is 32.2 Å². The molecule has 4 N–H and O–H groups in total. The van der Waals surface area contributed by atoms with Crippen molar-refractivity contribution in [2.24, 2.45) is 16.5 Å². The first-order chi connectivity index (χ1) is 7.79. The van der Waals surface area contributed by atoms with Gasteiger partial charge in [-0.05, 0) is 26.3 Å². The topological polar surface area (TPSA) is 90.7 Å². The quantitative estimate of drug-likeness (QED) is 0.443. The summed E-state index contributed by atoms with van der Waals surface area (Å²) in [5.74, 6) is -0.524. The molecule has 0 bridgehead atoms. The largest absolute Gasteiger partial charge is 0.468 e. The second-order valence-corrected chi connectivity index (χ2v) is 4.04. The minimum atomic E-state index is -1.17. The number of carbonyl (C=O) groups is 1. The molecule has 0 spiro atoms. The Morgan fingerprint density at radius 1 is 1.47 bits per heavy atom. The molecule has 0 saturated carbocycles. The lowest BCUT2D eigenvalue weighted by Gasteiger charge is -2.20. The minimum Gasteiger partial charge on any atom is -0.468 e. The fourth-order valence-electron chi connectivity index (χ4n) is 1.11. The highest BCUT2D eigenvalue weighted by Gasteiger charge is 2.29. The van der Waals surface area contributed by atoms with Gasteiger partial charge in [0.05, 0.1) is 25.3 Å². The van der Waals surface area contributed by atoms with Crippen molar-refractivity contribution < 1.29 is 13.9 Å². The third-order valence-corrected chi connectivity index (χ3v) is 2.19. The molecule has 0 aliphatic heterocycles. The SMILES string of the molecule is COC(=O)C(C)(N)CC/C(F)=C/CN=C(C)N.Cl.Cl. The number of esters is 1. The lowest BCUT2D eigenvalue weighted by Crippen LogP contribution is -2.45. The van der Waals surface area contributed by atoms with Crippen LogP contribution in [0.2, 0.25) is 0 Å². The van der Waals surface area contributed by atoms with Crippen molar-refractivity contribution in [3.05, 3.63) is 11.9 Å². The molecule has 0 saturated heterocycles. The number of allylic oxidation sites excluding steroid dienone is 1. The lowest BCUT2D eigenvalue weighted by atomic mass is 9.97. The maximum absolute atomic E-state index is 13.3. The molecule has 5 nitrogen and oxygen atoms in total. The van der Waals surface area contributed by atoms with E-state index in [1.807, 2.05) is 0 Å². The molecule has 19 heavy (non-hydrogen) atoms. The summed E-state index contributed by atoms with van der Waals surface area (Å²) in [6.07, 6.45) is 1.55. The van der Waals surface area contributed by atoms with Crippen molar-refractivity contribution in [1.82, 2.24) is 0 Å². The molecule has 0 radical (unpaired) electrons. The summed E-state index contributed by atoms with van der Waals surface area (Å²) in [5, 5.41) is 0. The van der Waals surface area contributed by atoms with Crippen LogP contribution in [0.25, 0.3) is 0 Å². The molecule has 0 aromatic rings. The van der Waals surface area contributed by atoms with E-state index in [9.17, 15) is 9.18 Å². The van der Waals surface area contributed by atoms with E-state index in [-0.39, 0.29) is 50.0 Å². The molecule has 0 aromatic heterocycles. The van der Waals surface area contributed by atoms with Gasteiger partial charge in [-0.2, -0.15) is 0 Å². The monoisotopic (exact) mass is 317 g/mol. The summed E-state index contributed by atoms with van der Waals surface area (Å²) < 4.78 is 17.8. The number of aliphatic imine (C=N–C) groups is 1.